The maximum Gasteiger partial charge on any atom is 0.287 e. The van der Waals surface area contributed by atoms with Crippen LogP contribution >= 0.6 is 23.2 Å². The standard InChI is InChI=1S/C12H10Cl2N2O/c1-8(9-5-3-2-4-6-9)16-12(17)11(14)10(13)7-15-16/h2-8H,1H3. The fourth-order valence-electron chi connectivity index (χ4n) is 1.57. The van der Waals surface area contributed by atoms with E-state index >= 15 is 0 Å². The van der Waals surface area contributed by atoms with Crippen LogP contribution in [0.3, 0.4) is 0 Å². The number of rotatable bonds is 2. The number of hydrogen-bond acceptors (Lipinski definition) is 2. The second-order valence-corrected chi connectivity index (χ2v) is 4.43. The minimum absolute atomic E-state index is 0.00412. The fraction of sp³-hybridized carbons (Fsp3) is 0.167. The van der Waals surface area contributed by atoms with Gasteiger partial charge in [0.15, 0.2) is 0 Å². The van der Waals surface area contributed by atoms with Crippen LogP contribution in [0.5, 0.6) is 0 Å². The van der Waals surface area contributed by atoms with E-state index in [0.717, 1.165) is 5.56 Å². The number of halogens is 2. The fourth-order valence-corrected chi connectivity index (χ4v) is 1.83. The van der Waals surface area contributed by atoms with Gasteiger partial charge in [-0.1, -0.05) is 53.5 Å². The van der Waals surface area contributed by atoms with E-state index < -0.39 is 0 Å². The van der Waals surface area contributed by atoms with Crippen LogP contribution in [-0.4, -0.2) is 9.78 Å². The van der Waals surface area contributed by atoms with Gasteiger partial charge in [0.05, 0.1) is 17.3 Å². The summed E-state index contributed by atoms with van der Waals surface area (Å²) in [5.41, 5.74) is 0.607. The van der Waals surface area contributed by atoms with Crippen LogP contribution in [0.2, 0.25) is 10.0 Å². The first kappa shape index (κ1) is 12.1. The molecule has 0 aliphatic heterocycles. The molecule has 0 bridgehead atoms. The molecule has 0 aliphatic carbocycles. The van der Waals surface area contributed by atoms with Gasteiger partial charge < -0.3 is 0 Å². The Balaban J connectivity index is 2.49. The number of hydrogen-bond donors (Lipinski definition) is 0. The molecule has 1 unspecified atom stereocenters. The lowest BCUT2D eigenvalue weighted by Gasteiger charge is -2.14. The predicted octanol–water partition coefficient (Wildman–Crippen LogP) is 3.16. The molecule has 0 radical (unpaired) electrons. The highest BCUT2D eigenvalue weighted by atomic mass is 35.5. The quantitative estimate of drug-likeness (QED) is 0.839. The average Bonchev–Trinajstić information content (AvgIpc) is 2.36. The van der Waals surface area contributed by atoms with Crippen LogP contribution in [0.25, 0.3) is 0 Å². The topological polar surface area (TPSA) is 34.9 Å². The van der Waals surface area contributed by atoms with Gasteiger partial charge in [-0.2, -0.15) is 5.10 Å². The summed E-state index contributed by atoms with van der Waals surface area (Å²) in [4.78, 5) is 11.9. The van der Waals surface area contributed by atoms with E-state index in [1.807, 2.05) is 37.3 Å². The molecule has 0 N–H and O–H groups in total. The second kappa shape index (κ2) is 4.90. The van der Waals surface area contributed by atoms with Crippen molar-refractivity contribution < 1.29 is 0 Å². The van der Waals surface area contributed by atoms with Crippen molar-refractivity contribution in [3.8, 4) is 0 Å². The van der Waals surface area contributed by atoms with Crippen molar-refractivity contribution in [3.63, 3.8) is 0 Å². The molecule has 0 fully saturated rings. The van der Waals surface area contributed by atoms with E-state index in [-0.39, 0.29) is 21.6 Å². The Morgan fingerprint density at radius 3 is 2.53 bits per heavy atom. The monoisotopic (exact) mass is 268 g/mol. The molecule has 0 amide bonds. The molecule has 0 aliphatic rings. The van der Waals surface area contributed by atoms with Crippen molar-refractivity contribution in [2.45, 2.75) is 13.0 Å². The molecule has 1 aromatic heterocycles. The SMILES string of the molecule is CC(c1ccccc1)n1ncc(Cl)c(Cl)c1=O. The van der Waals surface area contributed by atoms with E-state index in [0.29, 0.717) is 0 Å². The van der Waals surface area contributed by atoms with Gasteiger partial charge in [0, 0.05) is 0 Å². The average molecular weight is 269 g/mol. The van der Waals surface area contributed by atoms with Gasteiger partial charge >= 0.3 is 0 Å². The summed E-state index contributed by atoms with van der Waals surface area (Å²) in [6, 6.07) is 9.42. The Morgan fingerprint density at radius 2 is 1.88 bits per heavy atom. The molecule has 2 rings (SSSR count). The van der Waals surface area contributed by atoms with Crippen LogP contribution in [0.1, 0.15) is 18.5 Å². The Hall–Kier alpha value is -1.32. The zero-order valence-electron chi connectivity index (χ0n) is 9.10. The Morgan fingerprint density at radius 1 is 1.24 bits per heavy atom. The van der Waals surface area contributed by atoms with Gasteiger partial charge in [0.1, 0.15) is 5.02 Å². The molecule has 1 aromatic carbocycles. The zero-order chi connectivity index (χ0) is 12.4. The second-order valence-electron chi connectivity index (χ2n) is 3.64. The summed E-state index contributed by atoms with van der Waals surface area (Å²) >= 11 is 11.5. The molecule has 17 heavy (non-hydrogen) atoms. The lowest BCUT2D eigenvalue weighted by atomic mass is 10.1. The van der Waals surface area contributed by atoms with Gasteiger partial charge in [-0.25, -0.2) is 4.68 Å². The lowest BCUT2D eigenvalue weighted by molar-refractivity contribution is 0.532. The first-order chi connectivity index (χ1) is 8.11. The van der Waals surface area contributed by atoms with E-state index in [2.05, 4.69) is 5.10 Å². The molecular formula is C12H10Cl2N2O. The van der Waals surface area contributed by atoms with E-state index in [1.165, 1.54) is 10.9 Å². The summed E-state index contributed by atoms with van der Waals surface area (Å²) < 4.78 is 1.32. The van der Waals surface area contributed by atoms with E-state index in [9.17, 15) is 4.79 Å². The molecule has 5 heteroatoms. The van der Waals surface area contributed by atoms with Gasteiger partial charge in [-0.3, -0.25) is 4.79 Å². The molecule has 1 atom stereocenters. The van der Waals surface area contributed by atoms with Crippen LogP contribution < -0.4 is 5.56 Å². The molecule has 3 nitrogen and oxygen atoms in total. The first-order valence-electron chi connectivity index (χ1n) is 5.09. The summed E-state index contributed by atoms with van der Waals surface area (Å²) in [7, 11) is 0. The van der Waals surface area contributed by atoms with E-state index in [4.69, 9.17) is 23.2 Å². The highest BCUT2D eigenvalue weighted by Crippen LogP contribution is 2.19. The minimum Gasteiger partial charge on any atom is -0.266 e. The Bertz CT molecular complexity index is 581. The third-order valence-corrected chi connectivity index (χ3v) is 3.30. The van der Waals surface area contributed by atoms with Gasteiger partial charge in [0.25, 0.3) is 5.56 Å². The molecule has 0 saturated heterocycles. The van der Waals surface area contributed by atoms with Crippen LogP contribution in [0.15, 0.2) is 41.3 Å². The summed E-state index contributed by atoms with van der Waals surface area (Å²) in [5, 5.41) is 4.18. The van der Waals surface area contributed by atoms with Gasteiger partial charge in [0.2, 0.25) is 0 Å². The predicted molar refractivity (Wildman–Crippen MR) is 68.8 cm³/mol. The smallest absolute Gasteiger partial charge is 0.266 e. The summed E-state index contributed by atoms with van der Waals surface area (Å²) in [5.74, 6) is 0. The lowest BCUT2D eigenvalue weighted by Crippen LogP contribution is -2.26. The van der Waals surface area contributed by atoms with Gasteiger partial charge in [-0.15, -0.1) is 0 Å². The largest absolute Gasteiger partial charge is 0.287 e. The summed E-state index contributed by atoms with van der Waals surface area (Å²) in [6.07, 6.45) is 1.38. The van der Waals surface area contributed by atoms with Crippen molar-refractivity contribution in [2.75, 3.05) is 0 Å². The number of benzene rings is 1. The zero-order valence-corrected chi connectivity index (χ0v) is 10.6. The Labute approximate surface area is 109 Å². The molecule has 0 saturated carbocycles. The van der Waals surface area contributed by atoms with Crippen LogP contribution in [-0.2, 0) is 0 Å². The summed E-state index contributed by atoms with van der Waals surface area (Å²) in [6.45, 7) is 1.88. The third kappa shape index (κ3) is 2.35. The van der Waals surface area contributed by atoms with Crippen molar-refractivity contribution in [2.24, 2.45) is 0 Å². The van der Waals surface area contributed by atoms with Crippen LogP contribution in [0.4, 0.5) is 0 Å². The van der Waals surface area contributed by atoms with Crippen LogP contribution in [0, 0.1) is 0 Å². The maximum atomic E-state index is 11.9. The minimum atomic E-state index is -0.379. The first-order valence-corrected chi connectivity index (χ1v) is 5.84. The third-order valence-electron chi connectivity index (χ3n) is 2.55. The molecule has 88 valence electrons. The molecule has 1 heterocycles. The van der Waals surface area contributed by atoms with Crippen molar-refractivity contribution >= 4 is 23.2 Å². The van der Waals surface area contributed by atoms with Crippen molar-refractivity contribution in [1.29, 1.82) is 0 Å². The molecule has 0 spiro atoms. The number of nitrogens with zero attached hydrogens (tertiary/aromatic N) is 2. The normalized spacial score (nSPS) is 12.4. The Kier molecular flexibility index (Phi) is 3.50. The van der Waals surface area contributed by atoms with Crippen molar-refractivity contribution in [3.05, 3.63) is 62.5 Å². The van der Waals surface area contributed by atoms with Crippen molar-refractivity contribution in [1.82, 2.24) is 9.78 Å². The van der Waals surface area contributed by atoms with Gasteiger partial charge in [-0.05, 0) is 12.5 Å². The number of aromatic nitrogens is 2. The highest BCUT2D eigenvalue weighted by Gasteiger charge is 2.13. The van der Waals surface area contributed by atoms with E-state index in [1.54, 1.807) is 0 Å². The maximum absolute atomic E-state index is 11.9. The molecule has 2 aromatic rings. The molecular weight excluding hydrogens is 259 g/mol. The highest BCUT2D eigenvalue weighted by molar-refractivity contribution is 6.41.